The summed E-state index contributed by atoms with van der Waals surface area (Å²) in [4.78, 5) is 3.53. The lowest BCUT2D eigenvalue weighted by Gasteiger charge is -2.12. The van der Waals surface area contributed by atoms with Gasteiger partial charge in [0, 0.05) is 28.4 Å². The lowest BCUT2D eigenvalue weighted by molar-refractivity contribution is 0.601. The van der Waals surface area contributed by atoms with Gasteiger partial charge in [-0.05, 0) is 55.3 Å². The molecule has 4 rings (SSSR count). The highest BCUT2D eigenvalue weighted by Gasteiger charge is 2.15. The summed E-state index contributed by atoms with van der Waals surface area (Å²) in [5.74, 6) is 0. The van der Waals surface area contributed by atoms with Gasteiger partial charge in [0.2, 0.25) is 0 Å². The summed E-state index contributed by atoms with van der Waals surface area (Å²) in [7, 11) is -3.63. The number of aromatic nitrogens is 1. The Morgan fingerprint density at radius 2 is 1.59 bits per heavy atom. The molecule has 0 aliphatic rings. The maximum atomic E-state index is 12.7. The molecule has 0 unspecified atom stereocenters. The van der Waals surface area contributed by atoms with E-state index < -0.39 is 10.0 Å². The van der Waals surface area contributed by atoms with Crippen LogP contribution in [-0.2, 0) is 10.0 Å². The summed E-state index contributed by atoms with van der Waals surface area (Å²) in [6, 6.07) is 20.5. The Morgan fingerprint density at radius 1 is 0.852 bits per heavy atom. The third-order valence-corrected chi connectivity index (χ3v) is 6.10. The number of rotatable bonds is 4. The normalized spacial score (nSPS) is 11.6. The molecular weight excluding hydrogens is 356 g/mol. The quantitative estimate of drug-likeness (QED) is 0.511. The molecule has 4 aromatic rings. The van der Waals surface area contributed by atoms with Crippen LogP contribution in [0.3, 0.4) is 0 Å². The zero-order valence-corrected chi connectivity index (χ0v) is 16.0. The van der Waals surface area contributed by atoms with Crippen LogP contribution in [0.1, 0.15) is 11.1 Å². The van der Waals surface area contributed by atoms with Gasteiger partial charge in [-0.25, -0.2) is 8.42 Å². The standard InChI is InChI=1S/C22H20N2O2S/c1-15-7-11-18(12-8-15)27(25,26)24-17-10-9-16(2)20(13-17)21-14-23-22-6-4-3-5-19(21)22/h3-14,23-24H,1-2H3. The lowest BCUT2D eigenvalue weighted by Crippen LogP contribution is -2.13. The highest BCUT2D eigenvalue weighted by atomic mass is 32.2. The van der Waals surface area contributed by atoms with Crippen LogP contribution in [0.4, 0.5) is 5.69 Å². The molecule has 0 atom stereocenters. The number of anilines is 1. The molecule has 27 heavy (non-hydrogen) atoms. The highest BCUT2D eigenvalue weighted by molar-refractivity contribution is 7.92. The summed E-state index contributed by atoms with van der Waals surface area (Å²) in [5.41, 5.74) is 5.75. The molecule has 0 aliphatic heterocycles. The van der Waals surface area contributed by atoms with Gasteiger partial charge >= 0.3 is 0 Å². The van der Waals surface area contributed by atoms with Crippen molar-refractivity contribution in [2.24, 2.45) is 0 Å². The smallest absolute Gasteiger partial charge is 0.261 e. The first kappa shape index (κ1) is 17.4. The molecule has 4 nitrogen and oxygen atoms in total. The summed E-state index contributed by atoms with van der Waals surface area (Å²) >= 11 is 0. The fourth-order valence-electron chi connectivity index (χ4n) is 3.20. The fraction of sp³-hybridized carbons (Fsp3) is 0.0909. The summed E-state index contributed by atoms with van der Waals surface area (Å²) in [6.07, 6.45) is 1.96. The molecule has 0 spiro atoms. The number of para-hydroxylation sites is 1. The third-order valence-electron chi connectivity index (χ3n) is 4.70. The van der Waals surface area contributed by atoms with Gasteiger partial charge in [-0.1, -0.05) is 42.0 Å². The Balaban J connectivity index is 1.74. The zero-order valence-electron chi connectivity index (χ0n) is 15.2. The third kappa shape index (κ3) is 3.34. The van der Waals surface area contributed by atoms with E-state index in [1.165, 1.54) is 0 Å². The molecule has 5 heteroatoms. The molecule has 136 valence electrons. The first-order chi connectivity index (χ1) is 12.9. The van der Waals surface area contributed by atoms with Crippen molar-refractivity contribution < 1.29 is 8.42 Å². The van der Waals surface area contributed by atoms with Crippen LogP contribution in [0.2, 0.25) is 0 Å². The molecule has 0 fully saturated rings. The minimum atomic E-state index is -3.63. The lowest BCUT2D eigenvalue weighted by atomic mass is 9.99. The van der Waals surface area contributed by atoms with Crippen LogP contribution in [0, 0.1) is 13.8 Å². The molecule has 1 heterocycles. The number of hydrogen-bond acceptors (Lipinski definition) is 2. The number of benzene rings is 3. The average molecular weight is 376 g/mol. The Morgan fingerprint density at radius 3 is 2.37 bits per heavy atom. The Labute approximate surface area is 158 Å². The van der Waals surface area contributed by atoms with Gasteiger partial charge in [0.05, 0.1) is 4.90 Å². The number of nitrogens with one attached hydrogen (secondary N) is 2. The van der Waals surface area contributed by atoms with E-state index in [0.29, 0.717) is 5.69 Å². The topological polar surface area (TPSA) is 62.0 Å². The van der Waals surface area contributed by atoms with Gasteiger partial charge in [-0.2, -0.15) is 0 Å². The number of aryl methyl sites for hydroxylation is 2. The fourth-order valence-corrected chi connectivity index (χ4v) is 4.25. The van der Waals surface area contributed by atoms with Crippen molar-refractivity contribution >= 4 is 26.6 Å². The van der Waals surface area contributed by atoms with Crippen LogP contribution in [-0.4, -0.2) is 13.4 Å². The van der Waals surface area contributed by atoms with E-state index in [0.717, 1.165) is 33.2 Å². The molecule has 0 amide bonds. The van der Waals surface area contributed by atoms with E-state index in [1.807, 2.05) is 50.4 Å². The van der Waals surface area contributed by atoms with E-state index in [1.54, 1.807) is 30.3 Å². The van der Waals surface area contributed by atoms with Crippen molar-refractivity contribution in [1.29, 1.82) is 0 Å². The maximum absolute atomic E-state index is 12.7. The van der Waals surface area contributed by atoms with E-state index in [-0.39, 0.29) is 4.90 Å². The first-order valence-electron chi connectivity index (χ1n) is 8.71. The molecule has 0 saturated heterocycles. The summed E-state index contributed by atoms with van der Waals surface area (Å²) < 4.78 is 28.1. The molecule has 2 N–H and O–H groups in total. The van der Waals surface area contributed by atoms with Crippen molar-refractivity contribution in [3.63, 3.8) is 0 Å². The number of fused-ring (bicyclic) bond motifs is 1. The second-order valence-electron chi connectivity index (χ2n) is 6.70. The monoisotopic (exact) mass is 376 g/mol. The van der Waals surface area contributed by atoms with Crippen molar-refractivity contribution in [3.05, 3.63) is 84.1 Å². The number of hydrogen-bond donors (Lipinski definition) is 2. The Bertz CT molecular complexity index is 1220. The van der Waals surface area contributed by atoms with Crippen molar-refractivity contribution in [3.8, 4) is 11.1 Å². The van der Waals surface area contributed by atoms with Gasteiger partial charge in [-0.15, -0.1) is 0 Å². The molecule has 0 bridgehead atoms. The van der Waals surface area contributed by atoms with Gasteiger partial charge in [0.1, 0.15) is 0 Å². The van der Waals surface area contributed by atoms with Gasteiger partial charge in [-0.3, -0.25) is 4.72 Å². The largest absolute Gasteiger partial charge is 0.361 e. The van der Waals surface area contributed by atoms with Crippen LogP contribution in [0.15, 0.2) is 77.8 Å². The molecular formula is C22H20N2O2S. The second kappa shape index (κ2) is 6.59. The summed E-state index contributed by atoms with van der Waals surface area (Å²) in [5, 5.41) is 1.11. The Hall–Kier alpha value is -3.05. The van der Waals surface area contributed by atoms with Crippen LogP contribution < -0.4 is 4.72 Å². The Kier molecular flexibility index (Phi) is 4.24. The second-order valence-corrected chi connectivity index (χ2v) is 8.38. The molecule has 0 saturated carbocycles. The average Bonchev–Trinajstić information content (AvgIpc) is 3.07. The summed E-state index contributed by atoms with van der Waals surface area (Å²) in [6.45, 7) is 3.95. The minimum Gasteiger partial charge on any atom is -0.361 e. The number of H-pyrrole nitrogens is 1. The van der Waals surface area contributed by atoms with Crippen molar-refractivity contribution in [2.75, 3.05) is 4.72 Å². The molecule has 3 aromatic carbocycles. The number of sulfonamides is 1. The predicted molar refractivity (Wildman–Crippen MR) is 110 cm³/mol. The van der Waals surface area contributed by atoms with Crippen molar-refractivity contribution in [1.82, 2.24) is 4.98 Å². The first-order valence-corrected chi connectivity index (χ1v) is 10.2. The van der Waals surface area contributed by atoms with E-state index in [4.69, 9.17) is 0 Å². The van der Waals surface area contributed by atoms with Crippen LogP contribution in [0.5, 0.6) is 0 Å². The van der Waals surface area contributed by atoms with Gasteiger partial charge in [0.25, 0.3) is 10.0 Å². The molecule has 0 radical (unpaired) electrons. The van der Waals surface area contributed by atoms with Gasteiger partial charge in [0.15, 0.2) is 0 Å². The molecule has 1 aromatic heterocycles. The van der Waals surface area contributed by atoms with E-state index in [9.17, 15) is 8.42 Å². The number of aromatic amines is 1. The van der Waals surface area contributed by atoms with Gasteiger partial charge < -0.3 is 4.98 Å². The van der Waals surface area contributed by atoms with Crippen molar-refractivity contribution in [2.45, 2.75) is 18.7 Å². The minimum absolute atomic E-state index is 0.252. The van der Waals surface area contributed by atoms with E-state index in [2.05, 4.69) is 15.8 Å². The van der Waals surface area contributed by atoms with Crippen LogP contribution >= 0.6 is 0 Å². The predicted octanol–water partition coefficient (Wildman–Crippen LogP) is 5.25. The molecule has 0 aliphatic carbocycles. The maximum Gasteiger partial charge on any atom is 0.261 e. The zero-order chi connectivity index (χ0) is 19.0. The van der Waals surface area contributed by atoms with Crippen LogP contribution in [0.25, 0.3) is 22.0 Å². The highest BCUT2D eigenvalue weighted by Crippen LogP contribution is 2.33. The van der Waals surface area contributed by atoms with E-state index >= 15 is 0 Å². The SMILES string of the molecule is Cc1ccc(S(=O)(=O)Nc2ccc(C)c(-c3c[nH]c4ccccc34)c2)cc1.